The van der Waals surface area contributed by atoms with Gasteiger partial charge in [-0.25, -0.2) is 4.79 Å². The summed E-state index contributed by atoms with van der Waals surface area (Å²) in [6.45, 7) is 4.82. The number of rotatable bonds is 5. The Morgan fingerprint density at radius 1 is 1.33 bits per heavy atom. The largest absolute Gasteiger partial charge is 0.479 e. The molecular weight excluding hydrogens is 346 g/mol. The normalized spacial score (nSPS) is 23.4. The molecule has 27 heavy (non-hydrogen) atoms. The number of hydrogen-bond donors (Lipinski definition) is 1. The molecule has 2 aromatic rings. The molecule has 7 heteroatoms. The third-order valence-corrected chi connectivity index (χ3v) is 5.79. The average Bonchev–Trinajstić information content (AvgIpc) is 3.32. The third kappa shape index (κ3) is 3.66. The zero-order valence-corrected chi connectivity index (χ0v) is 15.8. The number of nitrogens with zero attached hydrogens (tertiary/aromatic N) is 3. The number of carbonyl (C=O) groups is 1. The molecule has 146 valence electrons. The molecule has 0 unspecified atom stereocenters. The van der Waals surface area contributed by atoms with E-state index in [1.165, 1.54) is 6.42 Å². The predicted molar refractivity (Wildman–Crippen MR) is 98.3 cm³/mol. The summed E-state index contributed by atoms with van der Waals surface area (Å²) in [5.74, 6) is 1.02. The first-order valence-corrected chi connectivity index (χ1v) is 9.74. The lowest BCUT2D eigenvalue weighted by atomic mass is 9.87. The van der Waals surface area contributed by atoms with Crippen molar-refractivity contribution in [3.63, 3.8) is 0 Å². The summed E-state index contributed by atoms with van der Waals surface area (Å²) in [4.78, 5) is 14.3. The first kappa shape index (κ1) is 18.3. The topological polar surface area (TPSA) is 80.7 Å². The van der Waals surface area contributed by atoms with Crippen molar-refractivity contribution in [2.45, 2.75) is 57.2 Å². The maximum Gasteiger partial charge on any atom is 0.331 e. The summed E-state index contributed by atoms with van der Waals surface area (Å²) >= 11 is 0. The van der Waals surface area contributed by atoms with E-state index in [2.05, 4.69) is 10.00 Å². The van der Waals surface area contributed by atoms with Gasteiger partial charge in [-0.2, -0.15) is 5.10 Å². The van der Waals surface area contributed by atoms with Gasteiger partial charge in [-0.15, -0.1) is 0 Å². The van der Waals surface area contributed by atoms with Gasteiger partial charge in [0.05, 0.1) is 12.7 Å². The van der Waals surface area contributed by atoms with Crippen LogP contribution in [0.4, 0.5) is 0 Å². The molecule has 7 nitrogen and oxygen atoms in total. The molecule has 2 aliphatic rings. The molecule has 0 aromatic carbocycles. The number of likely N-dealkylation sites (tertiary alicyclic amines) is 1. The molecule has 4 rings (SSSR count). The van der Waals surface area contributed by atoms with Crippen molar-refractivity contribution in [3.05, 3.63) is 41.6 Å². The number of carboxylic acids is 1. The number of piperidine rings is 1. The van der Waals surface area contributed by atoms with Crippen molar-refractivity contribution in [1.29, 1.82) is 0 Å². The van der Waals surface area contributed by atoms with E-state index in [1.807, 2.05) is 25.3 Å². The van der Waals surface area contributed by atoms with E-state index in [9.17, 15) is 9.90 Å². The molecule has 0 amide bonds. The molecule has 0 spiro atoms. The summed E-state index contributed by atoms with van der Waals surface area (Å²) in [5, 5.41) is 14.1. The molecular formula is C20H27N3O4. The highest BCUT2D eigenvalue weighted by Crippen LogP contribution is 2.32. The van der Waals surface area contributed by atoms with Crippen molar-refractivity contribution in [3.8, 4) is 0 Å². The lowest BCUT2D eigenvalue weighted by molar-refractivity contribution is -0.151. The first-order chi connectivity index (χ1) is 13.1. The molecule has 1 N–H and O–H groups in total. The van der Waals surface area contributed by atoms with Crippen molar-refractivity contribution in [1.82, 2.24) is 14.7 Å². The van der Waals surface area contributed by atoms with E-state index in [0.29, 0.717) is 32.5 Å². The van der Waals surface area contributed by atoms with Crippen LogP contribution in [0.3, 0.4) is 0 Å². The lowest BCUT2D eigenvalue weighted by Crippen LogP contribution is -2.51. The standard InChI is InChI=1S/C20H27N3O4/c1-15-12-21-23(13-15)20(19(24)25)7-9-22(10-8-20)14-16-5-6-18(27-16)17-4-2-3-11-26-17/h5-6,12-13,17H,2-4,7-11,14H2,1H3,(H,24,25)/t17-/m0/s1. The van der Waals surface area contributed by atoms with Crippen molar-refractivity contribution in [2.24, 2.45) is 0 Å². The molecule has 2 saturated heterocycles. The number of hydrogen-bond acceptors (Lipinski definition) is 5. The lowest BCUT2D eigenvalue weighted by Gasteiger charge is -2.38. The fourth-order valence-electron chi connectivity index (χ4n) is 4.11. The van der Waals surface area contributed by atoms with Gasteiger partial charge in [0, 0.05) is 25.9 Å². The molecule has 1 atom stereocenters. The Bertz CT molecular complexity index is 783. The summed E-state index contributed by atoms with van der Waals surface area (Å²) in [7, 11) is 0. The van der Waals surface area contributed by atoms with Crippen molar-refractivity contribution >= 4 is 5.97 Å². The Labute approximate surface area is 158 Å². The Hall–Kier alpha value is -2.12. The van der Waals surface area contributed by atoms with E-state index < -0.39 is 11.5 Å². The van der Waals surface area contributed by atoms with Gasteiger partial charge in [0.15, 0.2) is 5.54 Å². The van der Waals surface area contributed by atoms with Gasteiger partial charge in [-0.3, -0.25) is 9.58 Å². The summed E-state index contributed by atoms with van der Waals surface area (Å²) in [5.41, 5.74) is 0.0285. The minimum absolute atomic E-state index is 0.0802. The number of aryl methyl sites for hydroxylation is 1. The minimum Gasteiger partial charge on any atom is -0.479 e. The number of carboxylic acid groups (broad SMARTS) is 1. The van der Waals surface area contributed by atoms with Gasteiger partial charge >= 0.3 is 5.97 Å². The smallest absolute Gasteiger partial charge is 0.331 e. The Kier molecular flexibility index (Phi) is 5.06. The quantitative estimate of drug-likeness (QED) is 0.867. The highest BCUT2D eigenvalue weighted by atomic mass is 16.5. The molecule has 0 aliphatic carbocycles. The SMILES string of the molecule is Cc1cnn(C2(C(=O)O)CCN(Cc3ccc([C@@H]4CCCCO4)o3)CC2)c1. The van der Waals surface area contributed by atoms with Gasteiger partial charge in [0.25, 0.3) is 0 Å². The van der Waals surface area contributed by atoms with Crippen LogP contribution in [-0.2, 0) is 21.6 Å². The summed E-state index contributed by atoms with van der Waals surface area (Å²) < 4.78 is 13.4. The van der Waals surface area contributed by atoms with Gasteiger partial charge in [-0.1, -0.05) is 0 Å². The first-order valence-electron chi connectivity index (χ1n) is 9.74. The maximum atomic E-state index is 12.0. The Morgan fingerprint density at radius 2 is 2.15 bits per heavy atom. The van der Waals surface area contributed by atoms with Crippen LogP contribution >= 0.6 is 0 Å². The van der Waals surface area contributed by atoms with Crippen molar-refractivity contribution in [2.75, 3.05) is 19.7 Å². The molecule has 0 radical (unpaired) electrons. The fraction of sp³-hybridized carbons (Fsp3) is 0.600. The molecule has 4 heterocycles. The van der Waals surface area contributed by atoms with Crippen LogP contribution in [0.25, 0.3) is 0 Å². The molecule has 0 bridgehead atoms. The van der Waals surface area contributed by atoms with E-state index >= 15 is 0 Å². The van der Waals surface area contributed by atoms with Crippen LogP contribution in [-0.4, -0.2) is 45.5 Å². The summed E-state index contributed by atoms with van der Waals surface area (Å²) in [6.07, 6.45) is 8.00. The van der Waals surface area contributed by atoms with E-state index in [1.54, 1.807) is 10.9 Å². The zero-order chi connectivity index (χ0) is 18.9. The minimum atomic E-state index is -0.949. The monoisotopic (exact) mass is 373 g/mol. The Morgan fingerprint density at radius 3 is 2.78 bits per heavy atom. The van der Waals surface area contributed by atoms with E-state index in [4.69, 9.17) is 9.15 Å². The number of aliphatic carboxylic acids is 1. The van der Waals surface area contributed by atoms with Gasteiger partial charge < -0.3 is 14.3 Å². The highest BCUT2D eigenvalue weighted by Gasteiger charge is 2.44. The summed E-state index contributed by atoms with van der Waals surface area (Å²) in [6, 6.07) is 4.03. The number of furan rings is 1. The van der Waals surface area contributed by atoms with Crippen LogP contribution in [0.5, 0.6) is 0 Å². The molecule has 2 fully saturated rings. The second kappa shape index (κ2) is 7.48. The number of aromatic nitrogens is 2. The predicted octanol–water partition coefficient (Wildman–Crippen LogP) is 3.10. The molecule has 2 aromatic heterocycles. The highest BCUT2D eigenvalue weighted by molar-refractivity contribution is 5.76. The van der Waals surface area contributed by atoms with Gasteiger partial charge in [0.1, 0.15) is 17.6 Å². The number of ether oxygens (including phenoxy) is 1. The van der Waals surface area contributed by atoms with Crippen LogP contribution in [0.1, 0.15) is 55.3 Å². The fourth-order valence-corrected chi connectivity index (χ4v) is 4.11. The third-order valence-electron chi connectivity index (χ3n) is 5.79. The van der Waals surface area contributed by atoms with Crippen LogP contribution in [0, 0.1) is 6.92 Å². The molecule has 2 aliphatic heterocycles. The zero-order valence-electron chi connectivity index (χ0n) is 15.8. The van der Waals surface area contributed by atoms with Crippen LogP contribution in [0.2, 0.25) is 0 Å². The van der Waals surface area contributed by atoms with E-state index in [-0.39, 0.29) is 6.10 Å². The van der Waals surface area contributed by atoms with Gasteiger partial charge in [0.2, 0.25) is 0 Å². The second-order valence-corrected chi connectivity index (χ2v) is 7.73. The van der Waals surface area contributed by atoms with Crippen molar-refractivity contribution < 1.29 is 19.1 Å². The van der Waals surface area contributed by atoms with Gasteiger partial charge in [-0.05, 0) is 56.7 Å². The van der Waals surface area contributed by atoms with Crippen LogP contribution in [0.15, 0.2) is 28.9 Å². The average molecular weight is 373 g/mol. The second-order valence-electron chi connectivity index (χ2n) is 7.73. The molecule has 0 saturated carbocycles. The van der Waals surface area contributed by atoms with E-state index in [0.717, 1.165) is 36.5 Å². The maximum absolute atomic E-state index is 12.0. The van der Waals surface area contributed by atoms with Crippen LogP contribution < -0.4 is 0 Å². The Balaban J connectivity index is 1.39.